The highest BCUT2D eigenvalue weighted by molar-refractivity contribution is 7.16. The summed E-state index contributed by atoms with van der Waals surface area (Å²) in [5.74, 6) is 2.80. The molecule has 2 heterocycles. The SMILES string of the molecule is C#CCn1c(=NC(=O)C2COc3ccccc3O2)sc2cc(C(=O)OCC)ccc21. The van der Waals surface area contributed by atoms with Gasteiger partial charge in [-0.3, -0.25) is 4.79 Å². The second kappa shape index (κ2) is 8.43. The Morgan fingerprint density at radius 2 is 2.10 bits per heavy atom. The fraction of sp³-hybridized carbons (Fsp3) is 0.227. The number of thiazole rings is 1. The third-order valence-corrected chi connectivity index (χ3v) is 5.47. The molecule has 152 valence electrons. The van der Waals surface area contributed by atoms with Crippen molar-refractivity contribution in [3.05, 3.63) is 52.8 Å². The number of fused-ring (bicyclic) bond motifs is 2. The molecule has 0 radical (unpaired) electrons. The van der Waals surface area contributed by atoms with Gasteiger partial charge in [0.2, 0.25) is 6.10 Å². The van der Waals surface area contributed by atoms with Crippen molar-refractivity contribution in [3.8, 4) is 23.8 Å². The molecule has 7 nitrogen and oxygen atoms in total. The molecule has 3 aromatic rings. The molecular formula is C22H18N2O5S. The molecule has 0 fully saturated rings. The maximum atomic E-state index is 12.8. The topological polar surface area (TPSA) is 79.1 Å². The van der Waals surface area contributed by atoms with Gasteiger partial charge in [-0.05, 0) is 37.3 Å². The number of aromatic nitrogens is 1. The van der Waals surface area contributed by atoms with E-state index in [1.165, 1.54) is 11.3 Å². The zero-order chi connectivity index (χ0) is 21.1. The molecule has 0 bridgehead atoms. The van der Waals surface area contributed by atoms with Crippen LogP contribution in [-0.4, -0.2) is 35.8 Å². The fourth-order valence-electron chi connectivity index (χ4n) is 3.05. The van der Waals surface area contributed by atoms with Crippen LogP contribution in [0.5, 0.6) is 11.5 Å². The molecule has 2 aromatic carbocycles. The number of para-hydroxylation sites is 2. The molecule has 0 saturated heterocycles. The van der Waals surface area contributed by atoms with E-state index < -0.39 is 18.0 Å². The summed E-state index contributed by atoms with van der Waals surface area (Å²) in [6.45, 7) is 2.35. The van der Waals surface area contributed by atoms with Gasteiger partial charge < -0.3 is 18.8 Å². The quantitative estimate of drug-likeness (QED) is 0.477. The molecule has 30 heavy (non-hydrogen) atoms. The van der Waals surface area contributed by atoms with E-state index >= 15 is 0 Å². The third-order valence-electron chi connectivity index (χ3n) is 4.43. The van der Waals surface area contributed by atoms with Gasteiger partial charge in [-0.15, -0.1) is 6.42 Å². The van der Waals surface area contributed by atoms with Crippen molar-refractivity contribution in [3.63, 3.8) is 0 Å². The lowest BCUT2D eigenvalue weighted by Gasteiger charge is -2.23. The van der Waals surface area contributed by atoms with Crippen LogP contribution < -0.4 is 14.3 Å². The second-order valence-corrected chi connectivity index (χ2v) is 7.40. The first-order valence-corrected chi connectivity index (χ1v) is 10.1. The van der Waals surface area contributed by atoms with E-state index in [2.05, 4.69) is 10.9 Å². The normalized spacial score (nSPS) is 15.6. The lowest BCUT2D eigenvalue weighted by molar-refractivity contribution is -0.127. The predicted octanol–water partition coefficient (Wildman–Crippen LogP) is 2.78. The summed E-state index contributed by atoms with van der Waals surface area (Å²) >= 11 is 1.27. The summed E-state index contributed by atoms with van der Waals surface area (Å²) in [7, 11) is 0. The lowest BCUT2D eigenvalue weighted by Crippen LogP contribution is -2.36. The minimum atomic E-state index is -0.848. The number of carbonyl (C=O) groups excluding carboxylic acids is 2. The summed E-state index contributed by atoms with van der Waals surface area (Å²) < 4.78 is 18.9. The minimum absolute atomic E-state index is 0.0758. The van der Waals surface area contributed by atoms with Gasteiger partial charge in [-0.25, -0.2) is 4.79 Å². The van der Waals surface area contributed by atoms with Crippen LogP contribution in [0.1, 0.15) is 17.3 Å². The molecule has 0 N–H and O–H groups in total. The van der Waals surface area contributed by atoms with E-state index in [-0.39, 0.29) is 13.2 Å². The van der Waals surface area contributed by atoms with Gasteiger partial charge in [-0.1, -0.05) is 29.4 Å². The average Bonchev–Trinajstić information content (AvgIpc) is 3.10. The van der Waals surface area contributed by atoms with Crippen LogP contribution in [0, 0.1) is 12.3 Å². The van der Waals surface area contributed by atoms with E-state index in [0.717, 1.165) is 10.2 Å². The minimum Gasteiger partial charge on any atom is -0.485 e. The molecule has 0 aliphatic carbocycles. The van der Waals surface area contributed by atoms with Crippen molar-refractivity contribution in [1.82, 2.24) is 4.57 Å². The van der Waals surface area contributed by atoms with Gasteiger partial charge in [0.05, 0.1) is 28.9 Å². The van der Waals surface area contributed by atoms with Gasteiger partial charge in [0, 0.05) is 0 Å². The second-order valence-electron chi connectivity index (χ2n) is 6.39. The molecular weight excluding hydrogens is 404 g/mol. The Hall–Kier alpha value is -3.57. The van der Waals surface area contributed by atoms with Crippen LogP contribution in [0.15, 0.2) is 47.5 Å². The molecule has 1 atom stereocenters. The van der Waals surface area contributed by atoms with Crippen molar-refractivity contribution in [2.45, 2.75) is 19.6 Å². The van der Waals surface area contributed by atoms with Crippen molar-refractivity contribution >= 4 is 33.4 Å². The molecule has 1 amide bonds. The maximum Gasteiger partial charge on any atom is 0.338 e. The van der Waals surface area contributed by atoms with Crippen LogP contribution in [0.25, 0.3) is 10.2 Å². The van der Waals surface area contributed by atoms with E-state index in [1.54, 1.807) is 47.9 Å². The number of carbonyl (C=O) groups is 2. The molecule has 4 rings (SSSR count). The number of esters is 1. The van der Waals surface area contributed by atoms with Crippen molar-refractivity contribution in [2.75, 3.05) is 13.2 Å². The highest BCUT2D eigenvalue weighted by Crippen LogP contribution is 2.31. The van der Waals surface area contributed by atoms with Gasteiger partial charge in [0.1, 0.15) is 6.61 Å². The molecule has 8 heteroatoms. The summed E-state index contributed by atoms with van der Waals surface area (Å²) in [6, 6.07) is 12.3. The monoisotopic (exact) mass is 422 g/mol. The van der Waals surface area contributed by atoms with E-state index in [0.29, 0.717) is 28.5 Å². The van der Waals surface area contributed by atoms with Crippen LogP contribution in [0.4, 0.5) is 0 Å². The number of benzene rings is 2. The Morgan fingerprint density at radius 3 is 2.87 bits per heavy atom. The zero-order valence-corrected chi connectivity index (χ0v) is 17.0. The summed E-state index contributed by atoms with van der Waals surface area (Å²) in [6.07, 6.45) is 4.66. The number of nitrogens with zero attached hydrogens (tertiary/aromatic N) is 2. The Morgan fingerprint density at radius 1 is 1.30 bits per heavy atom. The standard InChI is InChI=1S/C22H18N2O5S/c1-3-11-24-15-10-9-14(21(26)27-4-2)12-19(15)30-22(24)23-20(25)18-13-28-16-7-5-6-8-17(16)29-18/h1,5-10,12,18H,4,11,13H2,2H3. The molecule has 0 spiro atoms. The van der Waals surface area contributed by atoms with Crippen molar-refractivity contribution < 1.29 is 23.8 Å². The average molecular weight is 422 g/mol. The third kappa shape index (κ3) is 3.80. The smallest absolute Gasteiger partial charge is 0.338 e. The first kappa shape index (κ1) is 19.7. The molecule has 1 aromatic heterocycles. The summed E-state index contributed by atoms with van der Waals surface area (Å²) in [4.78, 5) is 29.5. The Balaban J connectivity index is 1.69. The molecule has 1 unspecified atom stereocenters. The van der Waals surface area contributed by atoms with Crippen LogP contribution in [-0.2, 0) is 16.1 Å². The number of terminal acetylenes is 1. The van der Waals surface area contributed by atoms with E-state index in [9.17, 15) is 9.59 Å². The first-order chi connectivity index (χ1) is 14.6. The zero-order valence-electron chi connectivity index (χ0n) is 16.2. The van der Waals surface area contributed by atoms with Gasteiger partial charge >= 0.3 is 5.97 Å². The number of hydrogen-bond acceptors (Lipinski definition) is 6. The Kier molecular flexibility index (Phi) is 5.55. The van der Waals surface area contributed by atoms with Crippen LogP contribution >= 0.6 is 11.3 Å². The largest absolute Gasteiger partial charge is 0.485 e. The maximum absolute atomic E-state index is 12.8. The highest BCUT2D eigenvalue weighted by Gasteiger charge is 2.27. The first-order valence-electron chi connectivity index (χ1n) is 9.31. The van der Waals surface area contributed by atoms with E-state index in [4.69, 9.17) is 20.6 Å². The fourth-order valence-corrected chi connectivity index (χ4v) is 4.13. The van der Waals surface area contributed by atoms with Crippen LogP contribution in [0.3, 0.4) is 0 Å². The number of hydrogen-bond donors (Lipinski definition) is 0. The van der Waals surface area contributed by atoms with Gasteiger partial charge in [0.15, 0.2) is 16.3 Å². The summed E-state index contributed by atoms with van der Waals surface area (Å²) in [5, 5.41) is 0. The van der Waals surface area contributed by atoms with Crippen LogP contribution in [0.2, 0.25) is 0 Å². The van der Waals surface area contributed by atoms with Gasteiger partial charge in [-0.2, -0.15) is 4.99 Å². The number of rotatable bonds is 4. The Labute approximate surface area is 176 Å². The van der Waals surface area contributed by atoms with Crippen molar-refractivity contribution in [1.29, 1.82) is 0 Å². The molecule has 1 aliphatic rings. The predicted molar refractivity (Wildman–Crippen MR) is 112 cm³/mol. The number of amides is 1. The number of ether oxygens (including phenoxy) is 3. The summed E-state index contributed by atoms with van der Waals surface area (Å²) in [5.41, 5.74) is 1.21. The highest BCUT2D eigenvalue weighted by atomic mass is 32.1. The van der Waals surface area contributed by atoms with E-state index in [1.807, 2.05) is 6.07 Å². The Bertz CT molecular complexity index is 1230. The lowest BCUT2D eigenvalue weighted by atomic mass is 10.2. The van der Waals surface area contributed by atoms with Gasteiger partial charge in [0.25, 0.3) is 5.91 Å². The van der Waals surface area contributed by atoms with Crippen molar-refractivity contribution in [2.24, 2.45) is 4.99 Å². The molecule has 0 saturated carbocycles. The molecule has 1 aliphatic heterocycles.